The smallest absolute Gasteiger partial charge is 0.320 e. The van der Waals surface area contributed by atoms with Crippen molar-refractivity contribution in [2.45, 2.75) is 39.7 Å². The Hall–Kier alpha value is -1.04. The first kappa shape index (κ1) is 11.0. The van der Waals surface area contributed by atoms with Crippen molar-refractivity contribution >= 4 is 5.97 Å². The maximum Gasteiger partial charge on any atom is 0.320 e. The molecule has 0 radical (unpaired) electrons. The average Bonchev–Trinajstić information content (AvgIpc) is 1.84. The fraction of sp³-hybridized carbons (Fsp3) is 0.778. The maximum absolute atomic E-state index is 10.8. The van der Waals surface area contributed by atoms with Gasteiger partial charge in [0, 0.05) is 0 Å². The van der Waals surface area contributed by atoms with E-state index in [0.29, 0.717) is 5.92 Å². The van der Waals surface area contributed by atoms with E-state index in [1.807, 2.05) is 6.92 Å². The normalized spacial score (nSPS) is 12.2. The van der Waals surface area contributed by atoms with Gasteiger partial charge in [-0.25, -0.2) is 0 Å². The number of hydrogen-bond acceptors (Lipinski definition) is 3. The number of hydrogen-bond donors (Lipinski definition) is 0. The van der Waals surface area contributed by atoms with Crippen LogP contribution in [-0.2, 0) is 9.53 Å². The highest BCUT2D eigenvalue weighted by molar-refractivity contribution is 5.71. The molecule has 1 atom stereocenters. The molecule has 3 heteroatoms. The van der Waals surface area contributed by atoms with Crippen LogP contribution in [-0.4, -0.2) is 12.1 Å². The first-order valence-electron chi connectivity index (χ1n) is 4.12. The average molecular weight is 169 g/mol. The Labute approximate surface area is 73.3 Å². The molecular weight excluding hydrogens is 154 g/mol. The summed E-state index contributed by atoms with van der Waals surface area (Å²) in [6.07, 6.45) is 0.616. The molecule has 0 heterocycles. The van der Waals surface area contributed by atoms with E-state index < -0.39 is 5.97 Å². The van der Waals surface area contributed by atoms with Gasteiger partial charge in [-0.2, -0.15) is 5.26 Å². The van der Waals surface area contributed by atoms with Crippen LogP contribution in [0.2, 0.25) is 0 Å². The maximum atomic E-state index is 10.8. The minimum Gasteiger partial charge on any atom is -0.462 e. The zero-order valence-corrected chi connectivity index (χ0v) is 7.83. The van der Waals surface area contributed by atoms with Crippen molar-refractivity contribution in [3.05, 3.63) is 0 Å². The van der Waals surface area contributed by atoms with Crippen LogP contribution in [0.15, 0.2) is 0 Å². The van der Waals surface area contributed by atoms with Crippen LogP contribution in [0.4, 0.5) is 0 Å². The number of ether oxygens (including phenoxy) is 1. The molecule has 0 aliphatic heterocycles. The lowest BCUT2D eigenvalue weighted by Gasteiger charge is -2.13. The second kappa shape index (κ2) is 5.59. The SMILES string of the molecule is CC(C)CC(C)OC(=O)CC#N. The molecule has 0 saturated carbocycles. The topological polar surface area (TPSA) is 50.1 Å². The number of carbonyl (C=O) groups excluding carboxylic acids is 1. The number of nitrogens with zero attached hydrogens (tertiary/aromatic N) is 1. The molecule has 0 bridgehead atoms. The largest absolute Gasteiger partial charge is 0.462 e. The second-order valence-electron chi connectivity index (χ2n) is 3.26. The van der Waals surface area contributed by atoms with Crippen molar-refractivity contribution in [3.63, 3.8) is 0 Å². The van der Waals surface area contributed by atoms with Crippen molar-refractivity contribution in [3.8, 4) is 6.07 Å². The molecule has 0 N–H and O–H groups in total. The molecule has 0 fully saturated rings. The Morgan fingerprint density at radius 1 is 1.50 bits per heavy atom. The minimum absolute atomic E-state index is 0.0779. The van der Waals surface area contributed by atoms with Crippen molar-refractivity contribution in [1.82, 2.24) is 0 Å². The molecule has 0 rings (SSSR count). The Bertz CT molecular complexity index is 181. The van der Waals surface area contributed by atoms with Crippen LogP contribution in [0.5, 0.6) is 0 Å². The van der Waals surface area contributed by atoms with E-state index in [4.69, 9.17) is 10.00 Å². The molecule has 3 nitrogen and oxygen atoms in total. The number of nitriles is 1. The van der Waals surface area contributed by atoms with Gasteiger partial charge in [0.15, 0.2) is 0 Å². The monoisotopic (exact) mass is 169 g/mol. The van der Waals surface area contributed by atoms with Crippen LogP contribution in [0, 0.1) is 17.2 Å². The molecule has 0 aliphatic rings. The van der Waals surface area contributed by atoms with Gasteiger partial charge in [0.25, 0.3) is 0 Å². The summed E-state index contributed by atoms with van der Waals surface area (Å²) in [5, 5.41) is 8.18. The van der Waals surface area contributed by atoms with Gasteiger partial charge in [0.1, 0.15) is 6.42 Å². The van der Waals surface area contributed by atoms with Gasteiger partial charge in [0.2, 0.25) is 0 Å². The second-order valence-corrected chi connectivity index (χ2v) is 3.26. The van der Waals surface area contributed by atoms with E-state index >= 15 is 0 Å². The Balaban J connectivity index is 3.63. The van der Waals surface area contributed by atoms with Crippen LogP contribution < -0.4 is 0 Å². The molecule has 0 aromatic rings. The molecule has 1 unspecified atom stereocenters. The standard InChI is InChI=1S/C9H15NO2/c1-7(2)6-8(3)12-9(11)4-5-10/h7-8H,4,6H2,1-3H3. The third-order valence-electron chi connectivity index (χ3n) is 1.36. The molecular formula is C9H15NO2. The number of carbonyl (C=O) groups is 1. The molecule has 12 heavy (non-hydrogen) atoms. The number of esters is 1. The fourth-order valence-electron chi connectivity index (χ4n) is 1.04. The third kappa shape index (κ3) is 5.72. The molecule has 0 amide bonds. The van der Waals surface area contributed by atoms with Gasteiger partial charge < -0.3 is 4.74 Å². The highest BCUT2D eigenvalue weighted by Gasteiger charge is 2.09. The van der Waals surface area contributed by atoms with E-state index in [0.717, 1.165) is 6.42 Å². The van der Waals surface area contributed by atoms with E-state index in [1.54, 1.807) is 6.07 Å². The Kier molecular flexibility index (Phi) is 5.11. The van der Waals surface area contributed by atoms with Gasteiger partial charge in [-0.05, 0) is 19.3 Å². The Morgan fingerprint density at radius 3 is 2.50 bits per heavy atom. The summed E-state index contributed by atoms with van der Waals surface area (Å²) in [5.74, 6) is 0.0838. The third-order valence-corrected chi connectivity index (χ3v) is 1.36. The van der Waals surface area contributed by atoms with Crippen molar-refractivity contribution in [1.29, 1.82) is 5.26 Å². The summed E-state index contributed by atoms with van der Waals surface area (Å²) >= 11 is 0. The first-order valence-corrected chi connectivity index (χ1v) is 4.12. The summed E-state index contributed by atoms with van der Waals surface area (Å²) in [4.78, 5) is 10.8. The predicted molar refractivity (Wildman–Crippen MR) is 45.2 cm³/mol. The number of rotatable bonds is 4. The summed E-state index contributed by atoms with van der Waals surface area (Å²) < 4.78 is 4.94. The highest BCUT2D eigenvalue weighted by Crippen LogP contribution is 2.07. The predicted octanol–water partition coefficient (Wildman–Crippen LogP) is 1.88. The summed E-state index contributed by atoms with van der Waals surface area (Å²) in [7, 11) is 0. The van der Waals surface area contributed by atoms with Gasteiger partial charge in [0.05, 0.1) is 12.2 Å². The molecule has 0 aliphatic carbocycles. The summed E-state index contributed by atoms with van der Waals surface area (Å²) in [5.41, 5.74) is 0. The fourth-order valence-corrected chi connectivity index (χ4v) is 1.04. The van der Waals surface area contributed by atoms with Crippen molar-refractivity contribution < 1.29 is 9.53 Å². The van der Waals surface area contributed by atoms with E-state index in [1.165, 1.54) is 0 Å². The molecule has 0 spiro atoms. The van der Waals surface area contributed by atoms with Crippen LogP contribution in [0.25, 0.3) is 0 Å². The van der Waals surface area contributed by atoms with Crippen LogP contribution >= 0.6 is 0 Å². The molecule has 0 aromatic heterocycles. The van der Waals surface area contributed by atoms with E-state index in [9.17, 15) is 4.79 Å². The van der Waals surface area contributed by atoms with E-state index in [-0.39, 0.29) is 12.5 Å². The van der Waals surface area contributed by atoms with Crippen molar-refractivity contribution in [2.75, 3.05) is 0 Å². The van der Waals surface area contributed by atoms with Gasteiger partial charge in [-0.3, -0.25) is 4.79 Å². The van der Waals surface area contributed by atoms with Gasteiger partial charge in [-0.1, -0.05) is 13.8 Å². The minimum atomic E-state index is -0.425. The molecule has 0 saturated heterocycles. The summed E-state index contributed by atoms with van der Waals surface area (Å²) in [6, 6.07) is 1.75. The van der Waals surface area contributed by atoms with Gasteiger partial charge >= 0.3 is 5.97 Å². The van der Waals surface area contributed by atoms with Crippen molar-refractivity contribution in [2.24, 2.45) is 5.92 Å². The lowest BCUT2D eigenvalue weighted by atomic mass is 10.1. The molecule has 68 valence electrons. The quantitative estimate of drug-likeness (QED) is 0.604. The lowest BCUT2D eigenvalue weighted by molar-refractivity contribution is -0.147. The highest BCUT2D eigenvalue weighted by atomic mass is 16.5. The van der Waals surface area contributed by atoms with Gasteiger partial charge in [-0.15, -0.1) is 0 Å². The molecule has 0 aromatic carbocycles. The Morgan fingerprint density at radius 2 is 2.08 bits per heavy atom. The lowest BCUT2D eigenvalue weighted by Crippen LogP contribution is -2.16. The zero-order chi connectivity index (χ0) is 9.56. The van der Waals surface area contributed by atoms with Crippen LogP contribution in [0.3, 0.4) is 0 Å². The zero-order valence-electron chi connectivity index (χ0n) is 7.83. The van der Waals surface area contributed by atoms with E-state index in [2.05, 4.69) is 13.8 Å². The van der Waals surface area contributed by atoms with Crippen LogP contribution in [0.1, 0.15) is 33.6 Å². The summed E-state index contributed by atoms with van der Waals surface area (Å²) in [6.45, 7) is 5.97. The first-order chi connectivity index (χ1) is 5.56.